The zero-order valence-electron chi connectivity index (χ0n) is 12.7. The molecular weight excluding hydrogens is 371 g/mol. The molecule has 20 heavy (non-hydrogen) atoms. The number of rotatable bonds is 3. The van der Waals surface area contributed by atoms with E-state index in [1.165, 1.54) is 12.6 Å². The summed E-state index contributed by atoms with van der Waals surface area (Å²) >= 11 is 0. The van der Waals surface area contributed by atoms with Gasteiger partial charge >= 0.3 is 0 Å². The van der Waals surface area contributed by atoms with Crippen molar-refractivity contribution in [3.63, 3.8) is 0 Å². The molecule has 116 valence electrons. The van der Waals surface area contributed by atoms with Crippen molar-refractivity contribution in [2.75, 3.05) is 28.2 Å². The topological polar surface area (TPSA) is 72.4 Å². The first-order valence-corrected chi connectivity index (χ1v) is 6.21. The summed E-state index contributed by atoms with van der Waals surface area (Å²) in [5, 5.41) is 20.2. The molecule has 0 heterocycles. The molecule has 1 unspecified atom stereocenters. The van der Waals surface area contributed by atoms with Gasteiger partial charge in [0.1, 0.15) is 17.9 Å². The van der Waals surface area contributed by atoms with E-state index in [1.54, 1.807) is 12.1 Å². The average molecular weight is 396 g/mol. The van der Waals surface area contributed by atoms with Crippen molar-refractivity contribution in [3.05, 3.63) is 29.8 Å². The van der Waals surface area contributed by atoms with Gasteiger partial charge in [0.15, 0.2) is 0 Å². The van der Waals surface area contributed by atoms with E-state index in [9.17, 15) is 5.11 Å². The Balaban J connectivity index is 0. The van der Waals surface area contributed by atoms with Crippen LogP contribution < -0.4 is 10.4 Å². The predicted octanol–water partition coefficient (Wildman–Crippen LogP) is 1.72. The quantitative estimate of drug-likeness (QED) is 0.604. The lowest BCUT2D eigenvalue weighted by Gasteiger charge is -2.33. The smallest absolute Gasteiger partial charge is 0.133 e. The van der Waals surface area contributed by atoms with E-state index in [0.717, 1.165) is 10.9 Å². The first-order chi connectivity index (χ1) is 8.72. The van der Waals surface area contributed by atoms with Gasteiger partial charge in [-0.25, -0.2) is 0 Å². The average Bonchev–Trinajstić information content (AvgIpc) is 2.31. The van der Waals surface area contributed by atoms with E-state index >= 15 is 0 Å². The first kappa shape index (κ1) is 21.3. The molecule has 0 aliphatic heterocycles. The summed E-state index contributed by atoms with van der Waals surface area (Å²) in [5.41, 5.74) is 1.29. The number of benzene rings is 1. The zero-order valence-corrected chi connectivity index (χ0v) is 15.0. The number of amides is 1. The Labute approximate surface area is 138 Å². The van der Waals surface area contributed by atoms with Crippen LogP contribution in [0.5, 0.6) is 5.75 Å². The van der Waals surface area contributed by atoms with Gasteiger partial charge in [-0.1, -0.05) is 6.92 Å². The van der Waals surface area contributed by atoms with Crippen molar-refractivity contribution in [2.24, 2.45) is 0 Å². The summed E-state index contributed by atoms with van der Waals surface area (Å²) in [6.07, 6.45) is -0.140. The lowest BCUT2D eigenvalue weighted by Crippen LogP contribution is -2.38. The van der Waals surface area contributed by atoms with E-state index in [1.807, 2.05) is 17.4 Å². The van der Waals surface area contributed by atoms with Gasteiger partial charge in [-0.2, -0.15) is 0 Å². The van der Waals surface area contributed by atoms with Crippen LogP contribution in [-0.4, -0.2) is 43.9 Å². The molecule has 0 aromatic heterocycles. The number of carbonyl (C=O) groups is 1. The van der Waals surface area contributed by atoms with Crippen molar-refractivity contribution in [1.29, 1.82) is 0 Å². The van der Waals surface area contributed by atoms with Crippen LogP contribution in [0.3, 0.4) is 0 Å². The number of aromatic hydroxyl groups is 1. The van der Waals surface area contributed by atoms with Gasteiger partial charge in [0, 0.05) is 19.0 Å². The third-order valence-electron chi connectivity index (χ3n) is 2.80. The minimum atomic E-state index is -1.25. The second-order valence-corrected chi connectivity index (χ2v) is 5.17. The highest BCUT2D eigenvalue weighted by molar-refractivity contribution is 14.0. The molecule has 6 heteroatoms. The van der Waals surface area contributed by atoms with Gasteiger partial charge in [-0.15, -0.1) is 24.0 Å². The summed E-state index contributed by atoms with van der Waals surface area (Å²) in [4.78, 5) is 9.15. The molecule has 1 amide bonds. The van der Waals surface area contributed by atoms with Gasteiger partial charge in [0.25, 0.3) is 0 Å². The second kappa shape index (κ2) is 9.82. The van der Waals surface area contributed by atoms with Crippen LogP contribution >= 0.6 is 24.0 Å². The molecule has 5 nitrogen and oxygen atoms in total. The van der Waals surface area contributed by atoms with Gasteiger partial charge in [0.2, 0.25) is 0 Å². The van der Waals surface area contributed by atoms with Crippen LogP contribution in [0.4, 0.5) is 4.79 Å². The summed E-state index contributed by atoms with van der Waals surface area (Å²) in [6, 6.07) is 8.02. The van der Waals surface area contributed by atoms with E-state index in [4.69, 9.17) is 9.90 Å². The number of hydrogen-bond donors (Lipinski definition) is 2. The van der Waals surface area contributed by atoms with Crippen LogP contribution in [0.25, 0.3) is 0 Å². The van der Waals surface area contributed by atoms with Crippen molar-refractivity contribution < 1.29 is 19.5 Å². The summed E-state index contributed by atoms with van der Waals surface area (Å²) in [7, 11) is 7.87. The number of phenolic OH excluding ortho intramolecular Hbond substituents is 1. The highest BCUT2D eigenvalue weighted by Crippen LogP contribution is 2.27. The SMILES string of the molecule is CCC(c1ccc(O)cc1)[N+](C)(C)C.CNC(=O)[O-].I. The Morgan fingerprint density at radius 3 is 1.95 bits per heavy atom. The lowest BCUT2D eigenvalue weighted by atomic mass is 10.0. The zero-order chi connectivity index (χ0) is 15.1. The maximum atomic E-state index is 9.21. The van der Waals surface area contributed by atoms with E-state index in [2.05, 4.69) is 28.1 Å². The Hall–Kier alpha value is -1.02. The highest BCUT2D eigenvalue weighted by atomic mass is 127. The normalized spacial score (nSPS) is 11.4. The Bertz CT molecular complexity index is 388. The molecule has 0 aliphatic rings. The van der Waals surface area contributed by atoms with Crippen molar-refractivity contribution >= 4 is 30.1 Å². The van der Waals surface area contributed by atoms with Crippen LogP contribution in [0.1, 0.15) is 24.9 Å². The van der Waals surface area contributed by atoms with Crippen LogP contribution in [0.2, 0.25) is 0 Å². The predicted molar refractivity (Wildman–Crippen MR) is 89.0 cm³/mol. The number of hydrogen-bond acceptors (Lipinski definition) is 3. The standard InChI is InChI=1S/C12H19NO.C2H5NO2.HI/c1-5-12(13(2,3)4)10-6-8-11(14)9-7-10;1-3-2(4)5;/h6-9,12H,5H2,1-4H3;3H,1H3,(H,4,5);1H. The van der Waals surface area contributed by atoms with Gasteiger partial charge in [0.05, 0.1) is 21.1 Å². The number of nitrogens with one attached hydrogen (secondary N) is 1. The second-order valence-electron chi connectivity index (χ2n) is 5.17. The summed E-state index contributed by atoms with van der Waals surface area (Å²) < 4.78 is 0.918. The van der Waals surface area contributed by atoms with E-state index < -0.39 is 6.09 Å². The number of quaternary nitrogens is 1. The molecule has 1 rings (SSSR count). The number of carbonyl (C=O) groups excluding carboxylic acids is 1. The Kier molecular flexibility index (Phi) is 10.4. The third kappa shape index (κ3) is 8.21. The van der Waals surface area contributed by atoms with E-state index in [-0.39, 0.29) is 24.0 Å². The summed E-state index contributed by atoms with van der Waals surface area (Å²) in [6.45, 7) is 2.20. The molecule has 1 aromatic carbocycles. The molecule has 0 bridgehead atoms. The molecule has 0 saturated carbocycles. The van der Waals surface area contributed by atoms with Crippen molar-refractivity contribution in [2.45, 2.75) is 19.4 Å². The molecule has 0 fully saturated rings. The highest BCUT2D eigenvalue weighted by Gasteiger charge is 2.23. The van der Waals surface area contributed by atoms with Crippen LogP contribution in [-0.2, 0) is 0 Å². The number of halogens is 1. The molecule has 1 aromatic rings. The monoisotopic (exact) mass is 396 g/mol. The fraction of sp³-hybridized carbons (Fsp3) is 0.500. The fourth-order valence-corrected chi connectivity index (χ4v) is 1.93. The molecule has 1 atom stereocenters. The van der Waals surface area contributed by atoms with Crippen molar-refractivity contribution in [1.82, 2.24) is 5.32 Å². The first-order valence-electron chi connectivity index (χ1n) is 6.21. The Morgan fingerprint density at radius 2 is 1.70 bits per heavy atom. The van der Waals surface area contributed by atoms with Gasteiger partial charge in [-0.3, -0.25) is 0 Å². The largest absolute Gasteiger partial charge is 0.530 e. The Morgan fingerprint density at radius 1 is 1.30 bits per heavy atom. The molecular formula is C14H25IN2O3. The number of nitrogens with zero attached hydrogens (tertiary/aromatic N) is 1. The number of phenols is 1. The minimum absolute atomic E-state index is 0. The maximum Gasteiger partial charge on any atom is 0.133 e. The molecule has 0 spiro atoms. The molecule has 0 saturated heterocycles. The molecule has 0 radical (unpaired) electrons. The lowest BCUT2D eigenvalue weighted by molar-refractivity contribution is -0.902. The van der Waals surface area contributed by atoms with Crippen LogP contribution in [0.15, 0.2) is 24.3 Å². The van der Waals surface area contributed by atoms with Crippen LogP contribution in [0, 0.1) is 0 Å². The molecule has 2 N–H and O–H groups in total. The number of carboxylic acid groups (broad SMARTS) is 1. The fourth-order valence-electron chi connectivity index (χ4n) is 1.93. The third-order valence-corrected chi connectivity index (χ3v) is 2.80. The van der Waals surface area contributed by atoms with Gasteiger partial charge < -0.3 is 24.8 Å². The maximum absolute atomic E-state index is 9.21. The summed E-state index contributed by atoms with van der Waals surface area (Å²) in [5.74, 6) is 0.338. The van der Waals surface area contributed by atoms with Gasteiger partial charge in [-0.05, 0) is 24.3 Å². The van der Waals surface area contributed by atoms with Crippen molar-refractivity contribution in [3.8, 4) is 5.75 Å². The van der Waals surface area contributed by atoms with E-state index in [0.29, 0.717) is 11.8 Å². The molecule has 0 aliphatic carbocycles. The minimum Gasteiger partial charge on any atom is -0.530 e.